The van der Waals surface area contributed by atoms with E-state index in [-0.39, 0.29) is 5.92 Å². The van der Waals surface area contributed by atoms with Crippen LogP contribution in [0.2, 0.25) is 0 Å². The Morgan fingerprint density at radius 2 is 2.00 bits per heavy atom. The van der Waals surface area contributed by atoms with E-state index in [4.69, 9.17) is 5.73 Å². The molecule has 2 unspecified atom stereocenters. The van der Waals surface area contributed by atoms with Crippen LogP contribution in [0.5, 0.6) is 0 Å². The summed E-state index contributed by atoms with van der Waals surface area (Å²) in [7, 11) is 0. The van der Waals surface area contributed by atoms with E-state index in [1.165, 1.54) is 12.8 Å². The summed E-state index contributed by atoms with van der Waals surface area (Å²) in [4.78, 5) is 14.1. The molecule has 0 aliphatic heterocycles. The third kappa shape index (κ3) is 3.20. The average molecular weight is 212 g/mol. The molecule has 0 saturated heterocycles. The first-order valence-electron chi connectivity index (χ1n) is 6.21. The molecule has 1 saturated carbocycles. The lowest BCUT2D eigenvalue weighted by Crippen LogP contribution is -2.38. The maximum absolute atomic E-state index is 12.1. The van der Waals surface area contributed by atoms with Crippen molar-refractivity contribution in [1.29, 1.82) is 0 Å². The van der Waals surface area contributed by atoms with Crippen LogP contribution in [-0.4, -0.2) is 30.4 Å². The maximum Gasteiger partial charge on any atom is 0.225 e. The van der Waals surface area contributed by atoms with E-state index < -0.39 is 0 Å². The van der Waals surface area contributed by atoms with Crippen molar-refractivity contribution in [2.24, 2.45) is 17.6 Å². The monoisotopic (exact) mass is 212 g/mol. The molecule has 3 heteroatoms. The molecule has 1 rings (SSSR count). The number of nitrogens with zero attached hydrogens (tertiary/aromatic N) is 1. The predicted molar refractivity (Wildman–Crippen MR) is 62.4 cm³/mol. The Labute approximate surface area is 93.0 Å². The molecule has 88 valence electrons. The highest BCUT2D eigenvalue weighted by Gasteiger charge is 2.28. The van der Waals surface area contributed by atoms with Crippen molar-refractivity contribution >= 4 is 5.91 Å². The fourth-order valence-corrected chi connectivity index (χ4v) is 2.52. The van der Waals surface area contributed by atoms with Gasteiger partial charge in [0, 0.05) is 19.0 Å². The summed E-state index contributed by atoms with van der Waals surface area (Å²) in [6.45, 7) is 6.50. The number of amides is 1. The van der Waals surface area contributed by atoms with Crippen LogP contribution in [0, 0.1) is 11.8 Å². The Morgan fingerprint density at radius 3 is 2.53 bits per heavy atom. The highest BCUT2D eigenvalue weighted by Crippen LogP contribution is 2.29. The van der Waals surface area contributed by atoms with Crippen LogP contribution in [0.25, 0.3) is 0 Å². The molecule has 0 radical (unpaired) electrons. The highest BCUT2D eigenvalue weighted by molar-refractivity contribution is 5.78. The van der Waals surface area contributed by atoms with Gasteiger partial charge in [-0.15, -0.1) is 0 Å². The highest BCUT2D eigenvalue weighted by atomic mass is 16.2. The van der Waals surface area contributed by atoms with Crippen molar-refractivity contribution < 1.29 is 4.79 Å². The molecule has 0 heterocycles. The zero-order chi connectivity index (χ0) is 11.3. The van der Waals surface area contributed by atoms with Crippen molar-refractivity contribution in [3.05, 3.63) is 0 Å². The molecular formula is C12H24N2O. The van der Waals surface area contributed by atoms with Crippen molar-refractivity contribution in [3.63, 3.8) is 0 Å². The topological polar surface area (TPSA) is 46.3 Å². The number of nitrogens with two attached hydrogens (primary N) is 1. The second-order valence-corrected chi connectivity index (χ2v) is 4.48. The molecule has 0 aromatic heterocycles. The van der Waals surface area contributed by atoms with Gasteiger partial charge < -0.3 is 10.6 Å². The van der Waals surface area contributed by atoms with E-state index in [1.807, 2.05) is 18.7 Å². The van der Waals surface area contributed by atoms with Gasteiger partial charge >= 0.3 is 0 Å². The van der Waals surface area contributed by atoms with Crippen molar-refractivity contribution in [2.45, 2.75) is 39.5 Å². The zero-order valence-corrected chi connectivity index (χ0v) is 10.0. The van der Waals surface area contributed by atoms with Gasteiger partial charge in [0.2, 0.25) is 5.91 Å². The molecule has 2 atom stereocenters. The van der Waals surface area contributed by atoms with Crippen molar-refractivity contribution in [1.82, 2.24) is 4.90 Å². The average Bonchev–Trinajstić information content (AvgIpc) is 2.30. The summed E-state index contributed by atoms with van der Waals surface area (Å²) >= 11 is 0. The van der Waals surface area contributed by atoms with Crippen LogP contribution < -0.4 is 5.73 Å². The third-order valence-electron chi connectivity index (χ3n) is 3.54. The Bertz CT molecular complexity index is 202. The molecule has 0 spiro atoms. The van der Waals surface area contributed by atoms with Gasteiger partial charge in [-0.05, 0) is 45.6 Å². The van der Waals surface area contributed by atoms with Gasteiger partial charge in [-0.3, -0.25) is 4.79 Å². The number of hydrogen-bond donors (Lipinski definition) is 1. The van der Waals surface area contributed by atoms with Gasteiger partial charge in [0.25, 0.3) is 0 Å². The predicted octanol–water partition coefficient (Wildman–Crippen LogP) is 1.62. The summed E-state index contributed by atoms with van der Waals surface area (Å²) in [5.41, 5.74) is 5.68. The van der Waals surface area contributed by atoms with Crippen LogP contribution in [0.1, 0.15) is 39.5 Å². The van der Waals surface area contributed by atoms with E-state index in [0.29, 0.717) is 11.8 Å². The molecule has 3 nitrogen and oxygen atoms in total. The van der Waals surface area contributed by atoms with Crippen molar-refractivity contribution in [2.75, 3.05) is 19.6 Å². The SMILES string of the molecule is CCN(CC)C(=O)C1CCCC(CN)C1. The fourth-order valence-electron chi connectivity index (χ4n) is 2.52. The summed E-state index contributed by atoms with van der Waals surface area (Å²) < 4.78 is 0. The minimum atomic E-state index is 0.243. The lowest BCUT2D eigenvalue weighted by atomic mass is 9.81. The fraction of sp³-hybridized carbons (Fsp3) is 0.917. The summed E-state index contributed by atoms with van der Waals surface area (Å²) in [5, 5.41) is 0. The van der Waals surface area contributed by atoms with E-state index in [0.717, 1.165) is 32.5 Å². The first-order chi connectivity index (χ1) is 7.22. The van der Waals surface area contributed by atoms with Crippen LogP contribution in [0.3, 0.4) is 0 Å². The van der Waals surface area contributed by atoms with Crippen LogP contribution in [-0.2, 0) is 4.79 Å². The summed E-state index contributed by atoms with van der Waals surface area (Å²) in [5.74, 6) is 1.16. The smallest absolute Gasteiger partial charge is 0.225 e. The number of carbonyl (C=O) groups excluding carboxylic acids is 1. The molecule has 2 N–H and O–H groups in total. The lowest BCUT2D eigenvalue weighted by Gasteiger charge is -2.31. The van der Waals surface area contributed by atoms with E-state index in [2.05, 4.69) is 0 Å². The summed E-state index contributed by atoms with van der Waals surface area (Å²) in [6, 6.07) is 0. The Kier molecular flexibility index (Phi) is 5.09. The number of hydrogen-bond acceptors (Lipinski definition) is 2. The molecule has 15 heavy (non-hydrogen) atoms. The second-order valence-electron chi connectivity index (χ2n) is 4.48. The molecule has 0 bridgehead atoms. The quantitative estimate of drug-likeness (QED) is 0.769. The summed E-state index contributed by atoms with van der Waals surface area (Å²) in [6.07, 6.45) is 4.44. The standard InChI is InChI=1S/C12H24N2O/c1-3-14(4-2)12(15)11-7-5-6-10(8-11)9-13/h10-11H,3-9,13H2,1-2H3. The number of rotatable bonds is 4. The zero-order valence-electron chi connectivity index (χ0n) is 10.0. The van der Waals surface area contributed by atoms with Crippen LogP contribution in [0.15, 0.2) is 0 Å². The molecule has 1 amide bonds. The maximum atomic E-state index is 12.1. The molecule has 1 aliphatic carbocycles. The van der Waals surface area contributed by atoms with E-state index in [9.17, 15) is 4.79 Å². The molecule has 1 fully saturated rings. The normalized spacial score (nSPS) is 26.3. The van der Waals surface area contributed by atoms with Gasteiger partial charge in [-0.2, -0.15) is 0 Å². The lowest BCUT2D eigenvalue weighted by molar-refractivity contribution is -0.136. The first kappa shape index (κ1) is 12.5. The molecule has 0 aromatic carbocycles. The van der Waals surface area contributed by atoms with Crippen LogP contribution >= 0.6 is 0 Å². The third-order valence-corrected chi connectivity index (χ3v) is 3.54. The van der Waals surface area contributed by atoms with Gasteiger partial charge in [0.1, 0.15) is 0 Å². The Hall–Kier alpha value is -0.570. The van der Waals surface area contributed by atoms with Crippen LogP contribution in [0.4, 0.5) is 0 Å². The van der Waals surface area contributed by atoms with Crippen molar-refractivity contribution in [3.8, 4) is 0 Å². The van der Waals surface area contributed by atoms with Gasteiger partial charge in [0.15, 0.2) is 0 Å². The van der Waals surface area contributed by atoms with Gasteiger partial charge in [0.05, 0.1) is 0 Å². The van der Waals surface area contributed by atoms with E-state index in [1.54, 1.807) is 0 Å². The second kappa shape index (κ2) is 6.11. The van der Waals surface area contributed by atoms with Gasteiger partial charge in [-0.25, -0.2) is 0 Å². The Balaban J connectivity index is 2.51. The molecule has 1 aliphatic rings. The minimum Gasteiger partial charge on any atom is -0.343 e. The molecular weight excluding hydrogens is 188 g/mol. The van der Waals surface area contributed by atoms with Gasteiger partial charge in [-0.1, -0.05) is 6.42 Å². The Morgan fingerprint density at radius 1 is 1.33 bits per heavy atom. The largest absolute Gasteiger partial charge is 0.343 e. The minimum absolute atomic E-state index is 0.243. The number of carbonyl (C=O) groups is 1. The first-order valence-corrected chi connectivity index (χ1v) is 6.21. The molecule has 0 aromatic rings. The van der Waals surface area contributed by atoms with E-state index >= 15 is 0 Å².